The van der Waals surface area contributed by atoms with Crippen molar-refractivity contribution in [3.8, 4) is 0 Å². The van der Waals surface area contributed by atoms with Crippen LogP contribution in [0.25, 0.3) is 0 Å². The molecule has 0 spiro atoms. The van der Waals surface area contributed by atoms with Crippen LogP contribution in [0.4, 0.5) is 5.69 Å². The molecule has 0 aromatic heterocycles. The van der Waals surface area contributed by atoms with E-state index >= 15 is 0 Å². The van der Waals surface area contributed by atoms with E-state index in [9.17, 15) is 9.59 Å². The molecule has 21 heavy (non-hydrogen) atoms. The summed E-state index contributed by atoms with van der Waals surface area (Å²) in [6, 6.07) is 6.87. The van der Waals surface area contributed by atoms with E-state index in [4.69, 9.17) is 0 Å². The monoisotopic (exact) mass is 290 g/mol. The second kappa shape index (κ2) is 8.09. The molecule has 0 aliphatic carbocycles. The van der Waals surface area contributed by atoms with Crippen molar-refractivity contribution in [3.05, 3.63) is 42.0 Å². The Hall–Kier alpha value is -2.30. The van der Waals surface area contributed by atoms with Gasteiger partial charge in [-0.1, -0.05) is 18.2 Å². The lowest BCUT2D eigenvalue weighted by Gasteiger charge is -2.21. The Morgan fingerprint density at radius 2 is 2.10 bits per heavy atom. The first-order valence-electron chi connectivity index (χ1n) is 6.82. The standard InChI is InChI=1S/C16H22N2O3/c1-5-18(11-12(2)3)15(19)10-17-14-8-6-7-13(9-14)16(20)21-4/h6-9,17H,2,5,10-11H2,1,3-4H3. The number of methoxy groups -OCH3 is 1. The maximum absolute atomic E-state index is 12.1. The van der Waals surface area contributed by atoms with Gasteiger partial charge in [-0.2, -0.15) is 0 Å². The summed E-state index contributed by atoms with van der Waals surface area (Å²) >= 11 is 0. The molecule has 0 radical (unpaired) electrons. The number of rotatable bonds is 7. The molecule has 1 aromatic carbocycles. The number of carbonyl (C=O) groups is 2. The van der Waals surface area contributed by atoms with Gasteiger partial charge in [-0.25, -0.2) is 4.79 Å². The van der Waals surface area contributed by atoms with Crippen LogP contribution in [-0.2, 0) is 9.53 Å². The zero-order chi connectivity index (χ0) is 15.8. The van der Waals surface area contributed by atoms with Gasteiger partial charge in [-0.15, -0.1) is 0 Å². The number of carbonyl (C=O) groups excluding carboxylic acids is 2. The quantitative estimate of drug-likeness (QED) is 0.618. The summed E-state index contributed by atoms with van der Waals surface area (Å²) in [6.07, 6.45) is 0. The van der Waals surface area contributed by atoms with E-state index in [1.807, 2.05) is 13.8 Å². The number of nitrogens with one attached hydrogen (secondary N) is 1. The highest BCUT2D eigenvalue weighted by molar-refractivity contribution is 5.90. The summed E-state index contributed by atoms with van der Waals surface area (Å²) in [5, 5.41) is 3.02. The third-order valence-electron chi connectivity index (χ3n) is 2.92. The van der Waals surface area contributed by atoms with Crippen LogP contribution in [0.1, 0.15) is 24.2 Å². The second-order valence-corrected chi connectivity index (χ2v) is 4.79. The van der Waals surface area contributed by atoms with Gasteiger partial charge < -0.3 is 15.0 Å². The van der Waals surface area contributed by atoms with Gasteiger partial charge in [-0.3, -0.25) is 4.79 Å². The minimum Gasteiger partial charge on any atom is -0.465 e. The summed E-state index contributed by atoms with van der Waals surface area (Å²) in [7, 11) is 1.34. The molecule has 0 unspecified atom stereocenters. The largest absolute Gasteiger partial charge is 0.465 e. The molecule has 1 amide bonds. The van der Waals surface area contributed by atoms with Crippen molar-refractivity contribution in [1.29, 1.82) is 0 Å². The lowest BCUT2D eigenvalue weighted by atomic mass is 10.2. The molecule has 5 heteroatoms. The zero-order valence-corrected chi connectivity index (χ0v) is 12.8. The molecule has 0 saturated heterocycles. The first kappa shape index (κ1) is 16.8. The average Bonchev–Trinajstić information content (AvgIpc) is 2.49. The number of esters is 1. The smallest absolute Gasteiger partial charge is 0.337 e. The minimum absolute atomic E-state index is 0.0102. The van der Waals surface area contributed by atoms with Crippen molar-refractivity contribution in [1.82, 2.24) is 4.90 Å². The van der Waals surface area contributed by atoms with Crippen LogP contribution in [0.3, 0.4) is 0 Å². The molecule has 0 atom stereocenters. The maximum atomic E-state index is 12.1. The molecule has 0 aliphatic heterocycles. The van der Waals surface area contributed by atoms with Gasteiger partial charge in [0.05, 0.1) is 19.2 Å². The second-order valence-electron chi connectivity index (χ2n) is 4.79. The molecule has 114 valence electrons. The fourth-order valence-corrected chi connectivity index (χ4v) is 1.87. The third kappa shape index (κ3) is 5.30. The topological polar surface area (TPSA) is 58.6 Å². The van der Waals surface area contributed by atoms with Crippen molar-refractivity contribution < 1.29 is 14.3 Å². The molecule has 1 N–H and O–H groups in total. The molecule has 0 aliphatic rings. The van der Waals surface area contributed by atoms with E-state index < -0.39 is 5.97 Å². The SMILES string of the molecule is C=C(C)CN(CC)C(=O)CNc1cccc(C(=O)OC)c1. The van der Waals surface area contributed by atoms with Gasteiger partial charge in [-0.05, 0) is 32.0 Å². The fraction of sp³-hybridized carbons (Fsp3) is 0.375. The molecule has 0 saturated carbocycles. The van der Waals surface area contributed by atoms with E-state index in [0.29, 0.717) is 24.3 Å². The van der Waals surface area contributed by atoms with Crippen molar-refractivity contribution >= 4 is 17.6 Å². The summed E-state index contributed by atoms with van der Waals surface area (Å²) in [6.45, 7) is 9.00. The Morgan fingerprint density at radius 3 is 2.67 bits per heavy atom. The molecular weight excluding hydrogens is 268 g/mol. The number of ether oxygens (including phenoxy) is 1. The van der Waals surface area contributed by atoms with E-state index in [1.165, 1.54) is 7.11 Å². The van der Waals surface area contributed by atoms with Gasteiger partial charge in [0.15, 0.2) is 0 Å². The van der Waals surface area contributed by atoms with Gasteiger partial charge in [0.2, 0.25) is 5.91 Å². The lowest BCUT2D eigenvalue weighted by molar-refractivity contribution is -0.128. The Kier molecular flexibility index (Phi) is 6.46. The zero-order valence-electron chi connectivity index (χ0n) is 12.8. The Morgan fingerprint density at radius 1 is 1.38 bits per heavy atom. The van der Waals surface area contributed by atoms with Gasteiger partial charge in [0.25, 0.3) is 0 Å². The summed E-state index contributed by atoms with van der Waals surface area (Å²) < 4.78 is 4.66. The fourth-order valence-electron chi connectivity index (χ4n) is 1.87. The predicted molar refractivity (Wildman–Crippen MR) is 83.3 cm³/mol. The first-order valence-corrected chi connectivity index (χ1v) is 6.82. The molecule has 1 aromatic rings. The Balaban J connectivity index is 2.64. The number of hydrogen-bond acceptors (Lipinski definition) is 4. The summed E-state index contributed by atoms with van der Waals surface area (Å²) in [5.41, 5.74) is 2.10. The number of anilines is 1. The molecule has 5 nitrogen and oxygen atoms in total. The Bertz CT molecular complexity index is 526. The van der Waals surface area contributed by atoms with Crippen molar-refractivity contribution in [2.45, 2.75) is 13.8 Å². The highest BCUT2D eigenvalue weighted by Crippen LogP contribution is 2.11. The highest BCUT2D eigenvalue weighted by atomic mass is 16.5. The average molecular weight is 290 g/mol. The van der Waals surface area contributed by atoms with E-state index in [0.717, 1.165) is 5.57 Å². The molecule has 0 heterocycles. The van der Waals surface area contributed by atoms with Gasteiger partial charge in [0, 0.05) is 18.8 Å². The number of benzene rings is 1. The molecule has 0 fully saturated rings. The number of nitrogens with zero attached hydrogens (tertiary/aromatic N) is 1. The van der Waals surface area contributed by atoms with Crippen LogP contribution in [0.5, 0.6) is 0 Å². The van der Waals surface area contributed by atoms with Crippen molar-refractivity contribution in [2.75, 3.05) is 32.1 Å². The van der Waals surface area contributed by atoms with E-state index in [2.05, 4.69) is 16.6 Å². The van der Waals surface area contributed by atoms with Gasteiger partial charge >= 0.3 is 5.97 Å². The normalized spacial score (nSPS) is 9.86. The van der Waals surface area contributed by atoms with E-state index in [1.54, 1.807) is 29.2 Å². The van der Waals surface area contributed by atoms with Crippen LogP contribution in [0, 0.1) is 0 Å². The van der Waals surface area contributed by atoms with Gasteiger partial charge in [0.1, 0.15) is 0 Å². The van der Waals surface area contributed by atoms with Crippen LogP contribution < -0.4 is 5.32 Å². The van der Waals surface area contributed by atoms with E-state index in [-0.39, 0.29) is 12.5 Å². The Labute approximate surface area is 125 Å². The molecular formula is C16H22N2O3. The van der Waals surface area contributed by atoms with Crippen LogP contribution >= 0.6 is 0 Å². The van der Waals surface area contributed by atoms with Crippen molar-refractivity contribution in [3.63, 3.8) is 0 Å². The summed E-state index contributed by atoms with van der Waals surface area (Å²) in [4.78, 5) is 25.3. The minimum atomic E-state index is -0.401. The molecule has 0 bridgehead atoms. The van der Waals surface area contributed by atoms with Crippen LogP contribution in [0.15, 0.2) is 36.4 Å². The van der Waals surface area contributed by atoms with Crippen molar-refractivity contribution in [2.24, 2.45) is 0 Å². The number of hydrogen-bond donors (Lipinski definition) is 1. The molecule has 1 rings (SSSR count). The number of amides is 1. The third-order valence-corrected chi connectivity index (χ3v) is 2.92. The highest BCUT2D eigenvalue weighted by Gasteiger charge is 2.11. The lowest BCUT2D eigenvalue weighted by Crippen LogP contribution is -2.36. The summed E-state index contributed by atoms with van der Waals surface area (Å²) in [5.74, 6) is -0.411. The number of likely N-dealkylation sites (N-methyl/N-ethyl adjacent to an activating group) is 1. The van der Waals surface area contributed by atoms with Crippen LogP contribution in [-0.4, -0.2) is 43.5 Å². The predicted octanol–water partition coefficient (Wildman–Crippen LogP) is 2.31. The van der Waals surface area contributed by atoms with Crippen LogP contribution in [0.2, 0.25) is 0 Å². The maximum Gasteiger partial charge on any atom is 0.337 e. The first-order chi connectivity index (χ1) is 9.97.